The molecule has 2 aromatic rings. The van der Waals surface area contributed by atoms with Gasteiger partial charge in [0.2, 0.25) is 0 Å². The molecule has 0 bridgehead atoms. The van der Waals surface area contributed by atoms with Crippen molar-refractivity contribution in [1.29, 1.82) is 0 Å². The van der Waals surface area contributed by atoms with Crippen molar-refractivity contribution < 1.29 is 9.32 Å². The van der Waals surface area contributed by atoms with Crippen LogP contribution >= 0.6 is 35.0 Å². The summed E-state index contributed by atoms with van der Waals surface area (Å²) in [5, 5.41) is 7.74. The van der Waals surface area contributed by atoms with E-state index < -0.39 is 0 Å². The normalized spacial score (nSPS) is 11.6. The van der Waals surface area contributed by atoms with Crippen LogP contribution in [0.5, 0.6) is 0 Å². The molecule has 0 atom stereocenters. The van der Waals surface area contributed by atoms with E-state index in [1.165, 1.54) is 0 Å². The number of nitrogens with one attached hydrogen (secondary N) is 1. The zero-order chi connectivity index (χ0) is 17.9. The van der Waals surface area contributed by atoms with E-state index in [0.29, 0.717) is 39.2 Å². The molecule has 1 amide bonds. The van der Waals surface area contributed by atoms with Crippen LogP contribution in [0.1, 0.15) is 36.9 Å². The maximum Gasteiger partial charge on any atom is 0.257 e. The van der Waals surface area contributed by atoms with Gasteiger partial charge >= 0.3 is 0 Å². The van der Waals surface area contributed by atoms with Crippen LogP contribution in [0.2, 0.25) is 10.0 Å². The predicted octanol–water partition coefficient (Wildman–Crippen LogP) is 5.22. The Balaban J connectivity index is 2.20. The Morgan fingerprint density at radius 1 is 1.29 bits per heavy atom. The van der Waals surface area contributed by atoms with Crippen molar-refractivity contribution in [2.24, 2.45) is 0 Å². The third kappa shape index (κ3) is 4.68. The SMILES string of the molecule is Cc1onc(-c2c(Cl)cccc2Cl)c1C(=O)NCCSC(C)(C)C. The number of benzene rings is 1. The number of rotatable bonds is 5. The van der Waals surface area contributed by atoms with Gasteiger partial charge in [-0.05, 0) is 19.1 Å². The second-order valence-electron chi connectivity index (χ2n) is 6.28. The molecular formula is C17H20Cl2N2O2S. The number of hydrogen-bond acceptors (Lipinski definition) is 4. The minimum Gasteiger partial charge on any atom is -0.360 e. The van der Waals surface area contributed by atoms with E-state index in [4.69, 9.17) is 27.7 Å². The van der Waals surface area contributed by atoms with Gasteiger partial charge in [0.15, 0.2) is 0 Å². The first-order valence-corrected chi connectivity index (χ1v) is 9.27. The Morgan fingerprint density at radius 3 is 2.50 bits per heavy atom. The number of aryl methyl sites for hydroxylation is 1. The summed E-state index contributed by atoms with van der Waals surface area (Å²) in [5.74, 6) is 1.01. The molecule has 7 heteroatoms. The second-order valence-corrected chi connectivity index (χ2v) is 9.01. The maximum atomic E-state index is 12.6. The highest BCUT2D eigenvalue weighted by atomic mass is 35.5. The van der Waals surface area contributed by atoms with E-state index in [2.05, 4.69) is 31.2 Å². The van der Waals surface area contributed by atoms with Gasteiger partial charge in [0.1, 0.15) is 17.0 Å². The highest BCUT2D eigenvalue weighted by Gasteiger charge is 2.24. The van der Waals surface area contributed by atoms with Gasteiger partial charge in [-0.3, -0.25) is 4.79 Å². The fourth-order valence-corrected chi connectivity index (χ4v) is 3.54. The summed E-state index contributed by atoms with van der Waals surface area (Å²) in [6.07, 6.45) is 0. The van der Waals surface area contributed by atoms with E-state index in [1.54, 1.807) is 36.9 Å². The average Bonchev–Trinajstić information content (AvgIpc) is 2.84. The quantitative estimate of drug-likeness (QED) is 0.715. The standard InChI is InChI=1S/C17H20Cl2N2O2S/c1-10-13(16(22)20-8-9-24-17(2,3)4)15(21-23-10)14-11(18)6-5-7-12(14)19/h5-7H,8-9H2,1-4H3,(H,20,22). The molecule has 1 heterocycles. The zero-order valence-electron chi connectivity index (χ0n) is 14.1. The summed E-state index contributed by atoms with van der Waals surface area (Å²) < 4.78 is 5.37. The van der Waals surface area contributed by atoms with Crippen molar-refractivity contribution in [2.75, 3.05) is 12.3 Å². The summed E-state index contributed by atoms with van der Waals surface area (Å²) in [6, 6.07) is 5.15. The summed E-state index contributed by atoms with van der Waals surface area (Å²) in [4.78, 5) is 12.6. The predicted molar refractivity (Wildman–Crippen MR) is 101 cm³/mol. The number of hydrogen-bond donors (Lipinski definition) is 1. The third-order valence-corrected chi connectivity index (χ3v) is 5.12. The van der Waals surface area contributed by atoms with Crippen LogP contribution in [-0.4, -0.2) is 28.1 Å². The number of nitrogens with zero attached hydrogens (tertiary/aromatic N) is 1. The lowest BCUT2D eigenvalue weighted by molar-refractivity contribution is 0.0955. The van der Waals surface area contributed by atoms with Gasteiger partial charge in [0, 0.05) is 22.6 Å². The van der Waals surface area contributed by atoms with Gasteiger partial charge in [0.05, 0.1) is 10.0 Å². The molecule has 0 saturated heterocycles. The molecular weight excluding hydrogens is 367 g/mol. The van der Waals surface area contributed by atoms with Crippen molar-refractivity contribution in [3.05, 3.63) is 39.6 Å². The Hall–Kier alpha value is -1.17. The number of aromatic nitrogens is 1. The zero-order valence-corrected chi connectivity index (χ0v) is 16.4. The lowest BCUT2D eigenvalue weighted by Gasteiger charge is -2.17. The topological polar surface area (TPSA) is 55.1 Å². The van der Waals surface area contributed by atoms with Crippen molar-refractivity contribution in [2.45, 2.75) is 32.4 Å². The molecule has 2 rings (SSSR count). The smallest absolute Gasteiger partial charge is 0.257 e. The van der Waals surface area contributed by atoms with Crippen LogP contribution in [0.15, 0.2) is 22.7 Å². The molecule has 130 valence electrons. The van der Waals surface area contributed by atoms with Gasteiger partial charge in [-0.1, -0.05) is 55.2 Å². The van der Waals surface area contributed by atoms with E-state index in [9.17, 15) is 4.79 Å². The Bertz CT molecular complexity index is 718. The molecule has 0 saturated carbocycles. The van der Waals surface area contributed by atoms with Crippen LogP contribution < -0.4 is 5.32 Å². The van der Waals surface area contributed by atoms with E-state index >= 15 is 0 Å². The molecule has 0 aliphatic heterocycles. The third-order valence-electron chi connectivity index (χ3n) is 3.21. The summed E-state index contributed by atoms with van der Waals surface area (Å²) >= 11 is 14.2. The highest BCUT2D eigenvalue weighted by molar-refractivity contribution is 8.00. The Kier molecular flexibility index (Phi) is 6.23. The molecule has 0 unspecified atom stereocenters. The molecule has 0 spiro atoms. The summed E-state index contributed by atoms with van der Waals surface area (Å²) in [5.41, 5.74) is 1.24. The van der Waals surface area contributed by atoms with Crippen LogP contribution in [-0.2, 0) is 0 Å². The van der Waals surface area contributed by atoms with Gasteiger partial charge < -0.3 is 9.84 Å². The van der Waals surface area contributed by atoms with Crippen molar-refractivity contribution in [1.82, 2.24) is 10.5 Å². The van der Waals surface area contributed by atoms with Crippen LogP contribution in [0.25, 0.3) is 11.3 Å². The fraction of sp³-hybridized carbons (Fsp3) is 0.412. The van der Waals surface area contributed by atoms with Gasteiger partial charge in [0.25, 0.3) is 5.91 Å². The summed E-state index contributed by atoms with van der Waals surface area (Å²) in [6.45, 7) is 8.67. The number of carbonyl (C=O) groups is 1. The molecule has 24 heavy (non-hydrogen) atoms. The van der Waals surface area contributed by atoms with Gasteiger partial charge in [-0.25, -0.2) is 0 Å². The van der Waals surface area contributed by atoms with Crippen LogP contribution in [0.4, 0.5) is 0 Å². The van der Waals surface area contributed by atoms with Crippen molar-refractivity contribution >= 4 is 40.9 Å². The largest absolute Gasteiger partial charge is 0.360 e. The molecule has 0 aliphatic carbocycles. The number of carbonyl (C=O) groups excluding carboxylic acids is 1. The van der Waals surface area contributed by atoms with E-state index in [1.807, 2.05) is 0 Å². The van der Waals surface area contributed by atoms with Crippen molar-refractivity contribution in [3.63, 3.8) is 0 Å². The lowest BCUT2D eigenvalue weighted by atomic mass is 10.1. The average molecular weight is 387 g/mol. The van der Waals surface area contributed by atoms with Crippen molar-refractivity contribution in [3.8, 4) is 11.3 Å². The summed E-state index contributed by atoms with van der Waals surface area (Å²) in [7, 11) is 0. The molecule has 0 fully saturated rings. The minimum atomic E-state index is -0.241. The van der Waals surface area contributed by atoms with Crippen LogP contribution in [0.3, 0.4) is 0 Å². The Morgan fingerprint density at radius 2 is 1.92 bits per heavy atom. The van der Waals surface area contributed by atoms with E-state index in [0.717, 1.165) is 5.75 Å². The monoisotopic (exact) mass is 386 g/mol. The first-order chi connectivity index (χ1) is 11.2. The minimum absolute atomic E-state index is 0.161. The second kappa shape index (κ2) is 7.81. The van der Waals surface area contributed by atoms with E-state index in [-0.39, 0.29) is 10.7 Å². The van der Waals surface area contributed by atoms with Gasteiger partial charge in [-0.15, -0.1) is 0 Å². The van der Waals surface area contributed by atoms with Crippen LogP contribution in [0, 0.1) is 6.92 Å². The molecule has 0 radical (unpaired) electrons. The molecule has 1 aromatic heterocycles. The lowest BCUT2D eigenvalue weighted by Crippen LogP contribution is -2.27. The molecule has 1 N–H and O–H groups in total. The highest BCUT2D eigenvalue weighted by Crippen LogP contribution is 2.36. The number of thioether (sulfide) groups is 1. The Labute approximate surface area is 156 Å². The number of amides is 1. The van der Waals surface area contributed by atoms with Gasteiger partial charge in [-0.2, -0.15) is 11.8 Å². The number of halogens is 2. The first kappa shape index (κ1) is 19.2. The maximum absolute atomic E-state index is 12.6. The molecule has 1 aromatic carbocycles. The fourth-order valence-electron chi connectivity index (χ4n) is 2.14. The molecule has 4 nitrogen and oxygen atoms in total. The molecule has 0 aliphatic rings. The first-order valence-electron chi connectivity index (χ1n) is 7.53.